The number of likely N-dealkylation sites (tertiary alicyclic amines) is 2. The molecule has 0 aliphatic carbocycles. The van der Waals surface area contributed by atoms with Gasteiger partial charge in [-0.2, -0.15) is 5.10 Å². The molecule has 5 rings (SSSR count). The third kappa shape index (κ3) is 3.25. The van der Waals surface area contributed by atoms with Crippen LogP contribution in [0.25, 0.3) is 10.9 Å². The van der Waals surface area contributed by atoms with Crippen LogP contribution in [-0.4, -0.2) is 81.3 Å². The molecule has 1 aromatic carbocycles. The molecule has 1 N–H and O–H groups in total. The van der Waals surface area contributed by atoms with Crippen molar-refractivity contribution in [2.75, 3.05) is 26.2 Å². The van der Waals surface area contributed by atoms with Crippen molar-refractivity contribution in [2.45, 2.75) is 50.9 Å². The van der Waals surface area contributed by atoms with Crippen molar-refractivity contribution >= 4 is 22.9 Å². The minimum absolute atomic E-state index is 0.00768. The Kier molecular flexibility index (Phi) is 4.66. The zero-order valence-electron chi connectivity index (χ0n) is 16.7. The lowest BCUT2D eigenvalue weighted by Gasteiger charge is -2.37. The highest BCUT2D eigenvalue weighted by Crippen LogP contribution is 2.32. The van der Waals surface area contributed by atoms with Gasteiger partial charge in [-0.15, -0.1) is 0 Å². The number of nitrogens with zero attached hydrogens (tertiary/aromatic N) is 4. The van der Waals surface area contributed by atoms with E-state index in [4.69, 9.17) is 4.74 Å². The zero-order chi connectivity index (χ0) is 20.0. The van der Waals surface area contributed by atoms with Crippen LogP contribution < -0.4 is 0 Å². The van der Waals surface area contributed by atoms with Crippen molar-refractivity contribution in [1.29, 1.82) is 0 Å². The molecule has 2 atom stereocenters. The van der Waals surface area contributed by atoms with Gasteiger partial charge < -0.3 is 9.64 Å². The van der Waals surface area contributed by atoms with Gasteiger partial charge >= 0.3 is 6.09 Å². The predicted molar refractivity (Wildman–Crippen MR) is 107 cm³/mol. The van der Waals surface area contributed by atoms with Crippen molar-refractivity contribution in [3.63, 3.8) is 0 Å². The van der Waals surface area contributed by atoms with E-state index in [9.17, 15) is 9.59 Å². The summed E-state index contributed by atoms with van der Waals surface area (Å²) in [6.07, 6.45) is 3.83. The largest absolute Gasteiger partial charge is 0.442 e. The Bertz CT molecular complexity index is 920. The van der Waals surface area contributed by atoms with Crippen LogP contribution in [0, 0.1) is 0 Å². The Balaban J connectivity index is 1.22. The Morgan fingerprint density at radius 3 is 2.90 bits per heavy atom. The van der Waals surface area contributed by atoms with Gasteiger partial charge in [-0.25, -0.2) is 4.79 Å². The van der Waals surface area contributed by atoms with Crippen LogP contribution in [0.1, 0.15) is 31.7 Å². The number of amides is 2. The number of fused-ring (bicyclic) bond motifs is 2. The molecule has 2 amide bonds. The number of rotatable bonds is 4. The number of aromatic nitrogens is 2. The van der Waals surface area contributed by atoms with Gasteiger partial charge in [0.15, 0.2) is 0 Å². The molecule has 1 aromatic heterocycles. The molecule has 4 heterocycles. The lowest BCUT2D eigenvalue weighted by molar-refractivity contribution is -0.130. The summed E-state index contributed by atoms with van der Waals surface area (Å²) in [5.74, 6) is 0.137. The molecule has 3 aliphatic heterocycles. The number of carbonyl (C=O) groups is 2. The molecule has 3 fully saturated rings. The highest BCUT2D eigenvalue weighted by molar-refractivity contribution is 5.81. The second-order valence-electron chi connectivity index (χ2n) is 8.31. The van der Waals surface area contributed by atoms with Crippen LogP contribution in [0.2, 0.25) is 0 Å². The van der Waals surface area contributed by atoms with Crippen molar-refractivity contribution in [1.82, 2.24) is 24.9 Å². The van der Waals surface area contributed by atoms with Gasteiger partial charge in [0.2, 0.25) is 5.91 Å². The lowest BCUT2D eigenvalue weighted by Crippen LogP contribution is -2.50. The number of H-pyrrole nitrogens is 1. The second kappa shape index (κ2) is 7.33. The average molecular weight is 397 g/mol. The van der Waals surface area contributed by atoms with E-state index in [0.29, 0.717) is 19.5 Å². The molecular formula is C21H27N5O3. The van der Waals surface area contributed by atoms with E-state index in [1.54, 1.807) is 0 Å². The van der Waals surface area contributed by atoms with Gasteiger partial charge in [-0.1, -0.05) is 25.1 Å². The summed E-state index contributed by atoms with van der Waals surface area (Å²) in [6.45, 7) is 5.76. The summed E-state index contributed by atoms with van der Waals surface area (Å²) in [5.41, 5.74) is 2.36. The molecule has 2 aromatic rings. The molecule has 0 unspecified atom stereocenters. The van der Waals surface area contributed by atoms with Crippen molar-refractivity contribution in [3.05, 3.63) is 30.0 Å². The summed E-state index contributed by atoms with van der Waals surface area (Å²) in [7, 11) is 0. The van der Waals surface area contributed by atoms with Gasteiger partial charge in [0.25, 0.3) is 0 Å². The number of hydrogen-bond acceptors (Lipinski definition) is 5. The van der Waals surface area contributed by atoms with E-state index in [2.05, 4.69) is 33.3 Å². The number of piperidine rings is 1. The molecule has 0 radical (unpaired) electrons. The molecule has 0 spiro atoms. The number of aromatic amines is 1. The first-order valence-corrected chi connectivity index (χ1v) is 10.5. The lowest BCUT2D eigenvalue weighted by atomic mass is 10.0. The molecule has 0 saturated carbocycles. The average Bonchev–Trinajstić information content (AvgIpc) is 3.43. The number of ether oxygens (including phenoxy) is 1. The smallest absolute Gasteiger partial charge is 0.410 e. The molecule has 3 aliphatic rings. The van der Waals surface area contributed by atoms with Gasteiger partial charge in [-0.05, 0) is 18.4 Å². The van der Waals surface area contributed by atoms with Crippen LogP contribution in [0.4, 0.5) is 4.79 Å². The van der Waals surface area contributed by atoms with Gasteiger partial charge in [0.05, 0.1) is 24.3 Å². The first-order valence-electron chi connectivity index (χ1n) is 10.5. The minimum atomic E-state index is -0.204. The molecule has 154 valence electrons. The molecular weight excluding hydrogens is 370 g/mol. The Hall–Kier alpha value is -2.61. The number of carbonyl (C=O) groups excluding carboxylic acids is 2. The van der Waals surface area contributed by atoms with Crippen LogP contribution in [-0.2, 0) is 16.1 Å². The fraction of sp³-hybridized carbons (Fsp3) is 0.571. The van der Waals surface area contributed by atoms with Gasteiger partial charge in [-0.3, -0.25) is 19.7 Å². The Morgan fingerprint density at radius 1 is 1.28 bits per heavy atom. The second-order valence-corrected chi connectivity index (χ2v) is 8.31. The maximum absolute atomic E-state index is 12.5. The highest BCUT2D eigenvalue weighted by Gasteiger charge is 2.51. The van der Waals surface area contributed by atoms with E-state index in [1.807, 2.05) is 22.9 Å². The summed E-state index contributed by atoms with van der Waals surface area (Å²) < 4.78 is 5.61. The Morgan fingerprint density at radius 2 is 2.10 bits per heavy atom. The number of hydrogen-bond donors (Lipinski definition) is 1. The molecule has 8 heteroatoms. The maximum atomic E-state index is 12.5. The fourth-order valence-corrected chi connectivity index (χ4v) is 5.07. The topological polar surface area (TPSA) is 81.8 Å². The van der Waals surface area contributed by atoms with E-state index in [1.165, 1.54) is 5.56 Å². The van der Waals surface area contributed by atoms with Crippen LogP contribution in [0.15, 0.2) is 24.4 Å². The SMILES string of the molecule is CCC(=O)N1C[C@@H]2OC(=O)N(C3CCN(Cc4cccc5cn[nH]c45)CC3)[C@@H]2C1. The number of para-hydroxylation sites is 1. The van der Waals surface area contributed by atoms with Crippen molar-refractivity contribution < 1.29 is 14.3 Å². The summed E-state index contributed by atoms with van der Waals surface area (Å²) >= 11 is 0. The molecule has 29 heavy (non-hydrogen) atoms. The molecule has 8 nitrogen and oxygen atoms in total. The maximum Gasteiger partial charge on any atom is 0.410 e. The van der Waals surface area contributed by atoms with E-state index in [-0.39, 0.29) is 30.2 Å². The normalized spacial score (nSPS) is 25.6. The van der Waals surface area contributed by atoms with Gasteiger partial charge in [0.1, 0.15) is 6.10 Å². The minimum Gasteiger partial charge on any atom is -0.442 e. The highest BCUT2D eigenvalue weighted by atomic mass is 16.6. The number of benzene rings is 1. The number of nitrogens with one attached hydrogen (secondary N) is 1. The first kappa shape index (κ1) is 18.4. The third-order valence-electron chi connectivity index (χ3n) is 6.62. The van der Waals surface area contributed by atoms with E-state index in [0.717, 1.165) is 43.4 Å². The van der Waals surface area contributed by atoms with E-state index >= 15 is 0 Å². The third-order valence-corrected chi connectivity index (χ3v) is 6.62. The quantitative estimate of drug-likeness (QED) is 0.853. The monoisotopic (exact) mass is 397 g/mol. The Labute approximate surface area is 169 Å². The molecule has 3 saturated heterocycles. The first-order chi connectivity index (χ1) is 14.1. The standard InChI is InChI=1S/C21H27N5O3/c1-2-19(27)25-12-17-18(13-25)29-21(28)26(17)16-6-8-24(9-7-16)11-15-5-3-4-14-10-22-23-20(14)15/h3-5,10,16-18H,2,6-9,11-13H2,1H3,(H,22,23)/t17-,18+/m1/s1. The van der Waals surface area contributed by atoms with Crippen LogP contribution in [0.3, 0.4) is 0 Å². The van der Waals surface area contributed by atoms with Gasteiger partial charge in [0, 0.05) is 44.0 Å². The summed E-state index contributed by atoms with van der Waals surface area (Å²) in [4.78, 5) is 30.8. The predicted octanol–water partition coefficient (Wildman–Crippen LogP) is 1.97. The summed E-state index contributed by atoms with van der Waals surface area (Å²) in [6, 6.07) is 6.48. The zero-order valence-corrected chi connectivity index (χ0v) is 16.7. The van der Waals surface area contributed by atoms with Crippen molar-refractivity contribution in [2.24, 2.45) is 0 Å². The summed E-state index contributed by atoms with van der Waals surface area (Å²) in [5, 5.41) is 8.39. The van der Waals surface area contributed by atoms with E-state index < -0.39 is 0 Å². The molecule has 0 bridgehead atoms. The van der Waals surface area contributed by atoms with Crippen molar-refractivity contribution in [3.8, 4) is 0 Å². The fourth-order valence-electron chi connectivity index (χ4n) is 5.07. The van der Waals surface area contributed by atoms with Crippen LogP contribution in [0.5, 0.6) is 0 Å². The van der Waals surface area contributed by atoms with Crippen LogP contribution >= 0.6 is 0 Å².